The smallest absolute Gasteiger partial charge is 0.266 e. The minimum Gasteiger partial charge on any atom is -0.266 e. The molecule has 4 rings (SSSR count). The van der Waals surface area contributed by atoms with Gasteiger partial charge in [-0.3, -0.25) is 9.69 Å². The number of nitrogens with zero attached hydrogens (tertiary/aromatic N) is 2. The normalized spacial score (nSPS) is 15.3. The van der Waals surface area contributed by atoms with Crippen LogP contribution in [0, 0.1) is 6.92 Å². The zero-order valence-electron chi connectivity index (χ0n) is 14.8. The lowest BCUT2D eigenvalue weighted by molar-refractivity contribution is -0.113. The second-order valence-corrected chi connectivity index (χ2v) is 6.74. The van der Waals surface area contributed by atoms with Crippen molar-refractivity contribution in [3.63, 3.8) is 0 Å². The van der Waals surface area contributed by atoms with E-state index in [1.54, 1.807) is 17.0 Å². The molecule has 3 nitrogen and oxygen atoms in total. The van der Waals surface area contributed by atoms with Gasteiger partial charge in [-0.15, -0.1) is 0 Å². The largest absolute Gasteiger partial charge is 0.282 e. The van der Waals surface area contributed by atoms with Crippen molar-refractivity contribution >= 4 is 35.1 Å². The zero-order valence-corrected chi connectivity index (χ0v) is 15.5. The van der Waals surface area contributed by atoms with E-state index < -0.39 is 0 Å². The molecule has 3 aromatic carbocycles. The number of amidine groups is 1. The van der Waals surface area contributed by atoms with Crippen molar-refractivity contribution in [2.45, 2.75) is 6.92 Å². The Kier molecular flexibility index (Phi) is 4.61. The van der Waals surface area contributed by atoms with Crippen molar-refractivity contribution in [3.8, 4) is 0 Å². The summed E-state index contributed by atoms with van der Waals surface area (Å²) in [5.41, 5.74) is 3.93. The average molecular weight is 373 g/mol. The van der Waals surface area contributed by atoms with E-state index in [1.165, 1.54) is 0 Å². The number of hydrogen-bond acceptors (Lipinski definition) is 2. The molecule has 0 bridgehead atoms. The van der Waals surface area contributed by atoms with Gasteiger partial charge in [0.25, 0.3) is 5.91 Å². The highest BCUT2D eigenvalue weighted by molar-refractivity contribution is 6.39. The fraction of sp³-hybridized carbons (Fsp3) is 0.0435. The Hall–Kier alpha value is -3.17. The number of rotatable bonds is 3. The average Bonchev–Trinajstić information content (AvgIpc) is 3.00. The molecular formula is C23H17ClN2O. The first-order valence-electron chi connectivity index (χ1n) is 8.65. The summed E-state index contributed by atoms with van der Waals surface area (Å²) < 4.78 is 0. The molecule has 0 N–H and O–H groups in total. The SMILES string of the molecule is Cc1ccc(N2C(=O)/C(=C\c3ccccc3)N=C2c2ccccc2Cl)cc1. The van der Waals surface area contributed by atoms with Gasteiger partial charge in [-0.05, 0) is 42.8 Å². The Morgan fingerprint density at radius 2 is 1.56 bits per heavy atom. The first-order chi connectivity index (χ1) is 13.1. The van der Waals surface area contributed by atoms with Crippen molar-refractivity contribution in [2.24, 2.45) is 4.99 Å². The second-order valence-electron chi connectivity index (χ2n) is 6.33. The predicted octanol–water partition coefficient (Wildman–Crippen LogP) is 5.48. The van der Waals surface area contributed by atoms with Crippen LogP contribution in [0.4, 0.5) is 5.69 Å². The lowest BCUT2D eigenvalue weighted by Crippen LogP contribution is -2.32. The van der Waals surface area contributed by atoms with Gasteiger partial charge in [0, 0.05) is 5.56 Å². The molecule has 0 aromatic heterocycles. The van der Waals surface area contributed by atoms with E-state index in [2.05, 4.69) is 4.99 Å². The molecule has 1 aliphatic heterocycles. The van der Waals surface area contributed by atoms with Crippen LogP contribution >= 0.6 is 11.6 Å². The van der Waals surface area contributed by atoms with Crippen molar-refractivity contribution in [3.05, 3.63) is 106 Å². The molecule has 4 heteroatoms. The lowest BCUT2D eigenvalue weighted by Gasteiger charge is -2.19. The summed E-state index contributed by atoms with van der Waals surface area (Å²) in [7, 11) is 0. The van der Waals surface area contributed by atoms with Crippen LogP contribution in [0.15, 0.2) is 89.6 Å². The van der Waals surface area contributed by atoms with E-state index in [4.69, 9.17) is 11.6 Å². The summed E-state index contributed by atoms with van der Waals surface area (Å²) >= 11 is 6.40. The molecule has 1 amide bonds. The highest BCUT2D eigenvalue weighted by Gasteiger charge is 2.33. The molecule has 0 spiro atoms. The maximum absolute atomic E-state index is 13.2. The number of carbonyl (C=O) groups is 1. The van der Waals surface area contributed by atoms with Gasteiger partial charge in [0.2, 0.25) is 0 Å². The van der Waals surface area contributed by atoms with Gasteiger partial charge < -0.3 is 0 Å². The van der Waals surface area contributed by atoms with Crippen LogP contribution in [0.3, 0.4) is 0 Å². The summed E-state index contributed by atoms with van der Waals surface area (Å²) in [6.45, 7) is 2.01. The monoisotopic (exact) mass is 372 g/mol. The van der Waals surface area contributed by atoms with Crippen molar-refractivity contribution in [1.82, 2.24) is 0 Å². The number of hydrogen-bond donors (Lipinski definition) is 0. The Labute approximate surface area is 163 Å². The first kappa shape index (κ1) is 17.3. The molecule has 0 saturated carbocycles. The molecule has 1 heterocycles. The quantitative estimate of drug-likeness (QED) is 0.560. The van der Waals surface area contributed by atoms with Gasteiger partial charge >= 0.3 is 0 Å². The molecule has 0 fully saturated rings. The van der Waals surface area contributed by atoms with Gasteiger partial charge in [0.15, 0.2) is 0 Å². The Morgan fingerprint density at radius 1 is 0.889 bits per heavy atom. The fourth-order valence-electron chi connectivity index (χ4n) is 2.98. The minimum atomic E-state index is -0.169. The summed E-state index contributed by atoms with van der Waals surface area (Å²) in [6.07, 6.45) is 1.80. The predicted molar refractivity (Wildman–Crippen MR) is 111 cm³/mol. The first-order valence-corrected chi connectivity index (χ1v) is 9.03. The number of amides is 1. The van der Waals surface area contributed by atoms with E-state index >= 15 is 0 Å². The van der Waals surface area contributed by atoms with E-state index in [0.717, 1.165) is 22.4 Å². The lowest BCUT2D eigenvalue weighted by atomic mass is 10.1. The maximum Gasteiger partial charge on any atom is 0.282 e. The number of carbonyl (C=O) groups excluding carboxylic acids is 1. The Morgan fingerprint density at radius 3 is 2.26 bits per heavy atom. The van der Waals surface area contributed by atoms with E-state index in [-0.39, 0.29) is 5.91 Å². The topological polar surface area (TPSA) is 32.7 Å². The van der Waals surface area contributed by atoms with E-state index in [1.807, 2.05) is 79.7 Å². The van der Waals surface area contributed by atoms with Crippen molar-refractivity contribution in [1.29, 1.82) is 0 Å². The van der Waals surface area contributed by atoms with Crippen LogP contribution in [0.1, 0.15) is 16.7 Å². The van der Waals surface area contributed by atoms with Crippen LogP contribution in [0.2, 0.25) is 5.02 Å². The molecule has 3 aromatic rings. The third-order valence-electron chi connectivity index (χ3n) is 4.37. The molecular weight excluding hydrogens is 356 g/mol. The summed E-state index contributed by atoms with van der Waals surface area (Å²) in [5, 5.41) is 0.558. The number of aryl methyl sites for hydroxylation is 1. The zero-order chi connectivity index (χ0) is 18.8. The van der Waals surface area contributed by atoms with Crippen LogP contribution in [-0.2, 0) is 4.79 Å². The molecule has 0 aliphatic carbocycles. The number of halogens is 1. The summed E-state index contributed by atoms with van der Waals surface area (Å²) in [5.74, 6) is 0.370. The highest BCUT2D eigenvalue weighted by Crippen LogP contribution is 2.30. The van der Waals surface area contributed by atoms with Crippen LogP contribution in [0.25, 0.3) is 6.08 Å². The van der Waals surface area contributed by atoms with Gasteiger partial charge in [-0.25, -0.2) is 4.99 Å². The summed E-state index contributed by atoms with van der Waals surface area (Å²) in [6, 6.07) is 24.9. The Balaban J connectivity index is 1.85. The summed E-state index contributed by atoms with van der Waals surface area (Å²) in [4.78, 5) is 19.5. The Bertz CT molecular complexity index is 1050. The van der Waals surface area contributed by atoms with Gasteiger partial charge in [-0.2, -0.15) is 0 Å². The van der Waals surface area contributed by atoms with Gasteiger partial charge in [0.1, 0.15) is 11.5 Å². The van der Waals surface area contributed by atoms with Crippen LogP contribution < -0.4 is 4.90 Å². The number of benzene rings is 3. The molecule has 132 valence electrons. The van der Waals surface area contributed by atoms with Gasteiger partial charge in [-0.1, -0.05) is 71.8 Å². The molecule has 1 aliphatic rings. The third-order valence-corrected chi connectivity index (χ3v) is 4.70. The minimum absolute atomic E-state index is 0.169. The van der Waals surface area contributed by atoms with Crippen LogP contribution in [0.5, 0.6) is 0 Å². The van der Waals surface area contributed by atoms with Crippen molar-refractivity contribution in [2.75, 3.05) is 4.90 Å². The molecule has 0 radical (unpaired) electrons. The molecule has 27 heavy (non-hydrogen) atoms. The second kappa shape index (κ2) is 7.22. The van der Waals surface area contributed by atoms with Crippen molar-refractivity contribution < 1.29 is 4.79 Å². The van der Waals surface area contributed by atoms with E-state index in [9.17, 15) is 4.79 Å². The molecule has 0 atom stereocenters. The van der Waals surface area contributed by atoms with E-state index in [0.29, 0.717) is 16.6 Å². The fourth-order valence-corrected chi connectivity index (χ4v) is 3.20. The van der Waals surface area contributed by atoms with Crippen LogP contribution in [-0.4, -0.2) is 11.7 Å². The maximum atomic E-state index is 13.2. The third kappa shape index (κ3) is 3.42. The molecule has 0 saturated heterocycles. The molecule has 0 unspecified atom stereocenters. The van der Waals surface area contributed by atoms with Gasteiger partial charge in [0.05, 0.1) is 10.7 Å². The standard InChI is InChI=1S/C23H17ClN2O/c1-16-11-13-18(14-12-16)26-22(19-9-5-6-10-20(19)24)25-21(23(26)27)15-17-7-3-2-4-8-17/h2-15H,1H3/b21-15+. The highest BCUT2D eigenvalue weighted by atomic mass is 35.5. The number of anilines is 1. The number of aliphatic imine (C=N–C) groups is 1.